The van der Waals surface area contributed by atoms with E-state index in [2.05, 4.69) is 34.4 Å². The number of piperidine rings is 1. The molecule has 0 saturated carbocycles. The van der Waals surface area contributed by atoms with Gasteiger partial charge in [-0.3, -0.25) is 9.48 Å². The van der Waals surface area contributed by atoms with Crippen LogP contribution < -0.4 is 10.2 Å². The molecule has 5 nitrogen and oxygen atoms in total. The molecule has 120 valence electrons. The van der Waals surface area contributed by atoms with Crippen LogP contribution in [0.5, 0.6) is 0 Å². The number of nitrogens with one attached hydrogen (secondary N) is 1. The van der Waals surface area contributed by atoms with Crippen LogP contribution in [0, 0.1) is 5.41 Å². The summed E-state index contributed by atoms with van der Waals surface area (Å²) < 4.78 is 1.83. The lowest BCUT2D eigenvalue weighted by Gasteiger charge is -2.37. The first kappa shape index (κ1) is 15.1. The molecule has 1 saturated heterocycles. The summed E-state index contributed by atoms with van der Waals surface area (Å²) in [5.74, 6) is 0.217. The number of carbonyl (C=O) groups is 1. The SMILES string of the molecule is Cn1cc(N2CCCC(NC(=O)C3(C)CC=CCC3)C2)cn1. The summed E-state index contributed by atoms with van der Waals surface area (Å²) >= 11 is 0. The maximum atomic E-state index is 12.7. The van der Waals surface area contributed by atoms with Crippen molar-refractivity contribution in [2.24, 2.45) is 12.5 Å². The molecule has 0 bridgehead atoms. The van der Waals surface area contributed by atoms with Gasteiger partial charge in [0.2, 0.25) is 5.91 Å². The van der Waals surface area contributed by atoms with Crippen molar-refractivity contribution in [1.29, 1.82) is 0 Å². The molecule has 0 radical (unpaired) electrons. The fourth-order valence-corrected chi connectivity index (χ4v) is 3.43. The van der Waals surface area contributed by atoms with Crippen LogP contribution in [0.4, 0.5) is 5.69 Å². The van der Waals surface area contributed by atoms with Crippen molar-refractivity contribution < 1.29 is 4.79 Å². The molecule has 22 heavy (non-hydrogen) atoms. The van der Waals surface area contributed by atoms with E-state index in [9.17, 15) is 4.79 Å². The Morgan fingerprint density at radius 2 is 2.32 bits per heavy atom. The van der Waals surface area contributed by atoms with E-state index in [-0.39, 0.29) is 17.4 Å². The zero-order valence-electron chi connectivity index (χ0n) is 13.6. The Bertz CT molecular complexity index is 565. The number of rotatable bonds is 3. The Kier molecular flexibility index (Phi) is 4.23. The summed E-state index contributed by atoms with van der Waals surface area (Å²) in [4.78, 5) is 15.0. The highest BCUT2D eigenvalue weighted by atomic mass is 16.2. The maximum Gasteiger partial charge on any atom is 0.226 e. The lowest BCUT2D eigenvalue weighted by Crippen LogP contribution is -2.51. The molecule has 1 aliphatic carbocycles. The zero-order chi connectivity index (χ0) is 15.6. The van der Waals surface area contributed by atoms with E-state index in [1.54, 1.807) is 0 Å². The van der Waals surface area contributed by atoms with Gasteiger partial charge < -0.3 is 10.2 Å². The summed E-state index contributed by atoms with van der Waals surface area (Å²) in [7, 11) is 1.93. The number of hydrogen-bond acceptors (Lipinski definition) is 3. The molecule has 2 atom stereocenters. The van der Waals surface area contributed by atoms with Crippen molar-refractivity contribution in [3.63, 3.8) is 0 Å². The third-order valence-corrected chi connectivity index (χ3v) is 4.96. The molecular formula is C17H26N4O. The average molecular weight is 302 g/mol. The van der Waals surface area contributed by atoms with Crippen LogP contribution >= 0.6 is 0 Å². The maximum absolute atomic E-state index is 12.7. The standard InChI is InChI=1S/C17H26N4O/c1-17(8-4-3-5-9-17)16(22)19-14-7-6-10-21(12-14)15-11-18-20(2)13-15/h3-4,11,13-14H,5-10,12H2,1-2H3,(H,19,22). The highest BCUT2D eigenvalue weighted by molar-refractivity contribution is 5.83. The first-order chi connectivity index (χ1) is 10.6. The summed E-state index contributed by atoms with van der Waals surface area (Å²) in [5, 5.41) is 7.54. The second-order valence-electron chi connectivity index (χ2n) is 6.91. The summed E-state index contributed by atoms with van der Waals surface area (Å²) in [6, 6.07) is 0.240. The van der Waals surface area contributed by atoms with Crippen molar-refractivity contribution in [2.45, 2.75) is 45.1 Å². The van der Waals surface area contributed by atoms with Gasteiger partial charge in [0.15, 0.2) is 0 Å². The van der Waals surface area contributed by atoms with Gasteiger partial charge >= 0.3 is 0 Å². The Balaban J connectivity index is 1.60. The van der Waals surface area contributed by atoms with Crippen LogP contribution in [0.25, 0.3) is 0 Å². The molecule has 2 unspecified atom stereocenters. The molecule has 2 aliphatic rings. The van der Waals surface area contributed by atoms with Crippen LogP contribution in [0.15, 0.2) is 24.5 Å². The molecule has 1 N–H and O–H groups in total. The van der Waals surface area contributed by atoms with E-state index in [1.165, 1.54) is 0 Å². The fraction of sp³-hybridized carbons (Fsp3) is 0.647. The number of hydrogen-bond donors (Lipinski definition) is 1. The molecule has 1 aromatic heterocycles. The van der Waals surface area contributed by atoms with Gasteiger partial charge in [-0.25, -0.2) is 0 Å². The number of aryl methyl sites for hydroxylation is 1. The van der Waals surface area contributed by atoms with Gasteiger partial charge in [-0.2, -0.15) is 5.10 Å². The molecule has 5 heteroatoms. The molecule has 1 aromatic rings. The van der Waals surface area contributed by atoms with Crippen molar-refractivity contribution in [2.75, 3.05) is 18.0 Å². The second-order valence-corrected chi connectivity index (χ2v) is 6.91. The number of nitrogens with zero attached hydrogens (tertiary/aromatic N) is 3. The van der Waals surface area contributed by atoms with Crippen molar-refractivity contribution in [3.05, 3.63) is 24.5 Å². The van der Waals surface area contributed by atoms with Crippen molar-refractivity contribution >= 4 is 11.6 Å². The quantitative estimate of drug-likeness (QED) is 0.871. The molecule has 3 rings (SSSR count). The minimum absolute atomic E-state index is 0.217. The van der Waals surface area contributed by atoms with Gasteiger partial charge in [0.25, 0.3) is 0 Å². The Labute approximate surface area is 132 Å². The van der Waals surface area contributed by atoms with E-state index in [1.807, 2.05) is 24.1 Å². The Morgan fingerprint density at radius 1 is 1.45 bits per heavy atom. The second kappa shape index (κ2) is 6.15. The summed E-state index contributed by atoms with van der Waals surface area (Å²) in [6.07, 6.45) is 13.3. The number of aromatic nitrogens is 2. The van der Waals surface area contributed by atoms with Crippen LogP contribution in [0.3, 0.4) is 0 Å². The normalized spacial score (nSPS) is 28.6. The average Bonchev–Trinajstić information content (AvgIpc) is 2.95. The highest BCUT2D eigenvalue weighted by Gasteiger charge is 2.34. The first-order valence-corrected chi connectivity index (χ1v) is 8.26. The van der Waals surface area contributed by atoms with Gasteiger partial charge in [-0.05, 0) is 32.1 Å². The largest absolute Gasteiger partial charge is 0.367 e. The lowest BCUT2D eigenvalue weighted by atomic mass is 9.78. The van der Waals surface area contributed by atoms with Crippen LogP contribution in [-0.2, 0) is 11.8 Å². The van der Waals surface area contributed by atoms with Gasteiger partial charge in [0, 0.05) is 32.4 Å². The van der Waals surface area contributed by atoms with Gasteiger partial charge in [0.05, 0.1) is 17.3 Å². The van der Waals surface area contributed by atoms with E-state index >= 15 is 0 Å². The molecule has 1 fully saturated rings. The molecule has 0 spiro atoms. The Morgan fingerprint density at radius 3 is 3.00 bits per heavy atom. The highest BCUT2D eigenvalue weighted by Crippen LogP contribution is 2.32. The summed E-state index contributed by atoms with van der Waals surface area (Å²) in [6.45, 7) is 4.01. The van der Waals surface area contributed by atoms with Gasteiger partial charge in [-0.1, -0.05) is 19.1 Å². The minimum Gasteiger partial charge on any atom is -0.367 e. The smallest absolute Gasteiger partial charge is 0.226 e. The molecule has 2 heterocycles. The summed E-state index contributed by atoms with van der Waals surface area (Å²) in [5.41, 5.74) is 0.916. The van der Waals surface area contributed by atoms with Crippen LogP contribution in [0.2, 0.25) is 0 Å². The van der Waals surface area contributed by atoms with E-state index in [0.717, 1.165) is 50.9 Å². The number of amides is 1. The lowest BCUT2D eigenvalue weighted by molar-refractivity contribution is -0.131. The van der Waals surface area contributed by atoms with Crippen molar-refractivity contribution in [3.8, 4) is 0 Å². The number of anilines is 1. The van der Waals surface area contributed by atoms with E-state index < -0.39 is 0 Å². The predicted molar refractivity (Wildman–Crippen MR) is 87.7 cm³/mol. The predicted octanol–water partition coefficient (Wildman–Crippen LogP) is 2.25. The van der Waals surface area contributed by atoms with Gasteiger partial charge in [0.1, 0.15) is 0 Å². The van der Waals surface area contributed by atoms with Crippen LogP contribution in [-0.4, -0.2) is 34.8 Å². The number of carbonyl (C=O) groups excluding carboxylic acids is 1. The number of allylic oxidation sites excluding steroid dienone is 2. The zero-order valence-corrected chi connectivity index (χ0v) is 13.6. The van der Waals surface area contributed by atoms with Gasteiger partial charge in [-0.15, -0.1) is 0 Å². The Hall–Kier alpha value is -1.78. The molecule has 0 aromatic carbocycles. The minimum atomic E-state index is -0.231. The van der Waals surface area contributed by atoms with E-state index in [4.69, 9.17) is 0 Å². The molecule has 1 aliphatic heterocycles. The van der Waals surface area contributed by atoms with E-state index in [0.29, 0.717) is 0 Å². The topological polar surface area (TPSA) is 50.2 Å². The molecule has 1 amide bonds. The molecular weight excluding hydrogens is 276 g/mol. The fourth-order valence-electron chi connectivity index (χ4n) is 3.43. The van der Waals surface area contributed by atoms with Crippen molar-refractivity contribution in [1.82, 2.24) is 15.1 Å². The third-order valence-electron chi connectivity index (χ3n) is 4.96. The van der Waals surface area contributed by atoms with Crippen LogP contribution in [0.1, 0.15) is 39.0 Å². The first-order valence-electron chi connectivity index (χ1n) is 8.26. The monoisotopic (exact) mass is 302 g/mol. The third kappa shape index (κ3) is 3.18.